The van der Waals surface area contributed by atoms with Crippen molar-refractivity contribution in [1.82, 2.24) is 0 Å². The number of methoxy groups -OCH3 is 1. The number of ether oxygens (including phenoxy) is 2. The SMILES string of the molecule is COc1cc(C[NH2+]C2CCOC(C)(C)C2)ccc1O. The largest absolute Gasteiger partial charge is 0.504 e. The van der Waals surface area contributed by atoms with Crippen molar-refractivity contribution in [2.75, 3.05) is 13.7 Å². The molecule has 0 amide bonds. The van der Waals surface area contributed by atoms with E-state index in [2.05, 4.69) is 19.2 Å². The maximum Gasteiger partial charge on any atom is 0.160 e. The van der Waals surface area contributed by atoms with E-state index in [1.54, 1.807) is 13.2 Å². The predicted octanol–water partition coefficient (Wildman–Crippen LogP) is 1.42. The third kappa shape index (κ3) is 3.85. The lowest BCUT2D eigenvalue weighted by molar-refractivity contribution is -0.709. The van der Waals surface area contributed by atoms with Gasteiger partial charge in [0.2, 0.25) is 0 Å². The van der Waals surface area contributed by atoms with Gasteiger partial charge in [0.25, 0.3) is 0 Å². The van der Waals surface area contributed by atoms with Crippen LogP contribution >= 0.6 is 0 Å². The Hall–Kier alpha value is -1.26. The van der Waals surface area contributed by atoms with Gasteiger partial charge in [-0.1, -0.05) is 0 Å². The first-order valence-electron chi connectivity index (χ1n) is 6.83. The number of phenolic OH excluding ortho intramolecular Hbond substituents is 1. The fourth-order valence-electron chi connectivity index (χ4n) is 2.63. The maximum absolute atomic E-state index is 9.57. The second-order valence-corrected chi connectivity index (χ2v) is 5.81. The van der Waals surface area contributed by atoms with Gasteiger partial charge < -0.3 is 19.9 Å². The van der Waals surface area contributed by atoms with Crippen LogP contribution in [0.1, 0.15) is 32.3 Å². The van der Waals surface area contributed by atoms with Gasteiger partial charge in [-0.3, -0.25) is 0 Å². The van der Waals surface area contributed by atoms with Crippen LogP contribution in [0.15, 0.2) is 18.2 Å². The summed E-state index contributed by atoms with van der Waals surface area (Å²) in [6, 6.07) is 6.13. The Kier molecular flexibility index (Phi) is 4.32. The minimum absolute atomic E-state index is 0.00787. The Morgan fingerprint density at radius 3 is 2.95 bits per heavy atom. The second-order valence-electron chi connectivity index (χ2n) is 5.81. The van der Waals surface area contributed by atoms with Crippen LogP contribution in [-0.4, -0.2) is 30.5 Å². The summed E-state index contributed by atoms with van der Waals surface area (Å²) in [5, 5.41) is 11.9. The maximum atomic E-state index is 9.57. The highest BCUT2D eigenvalue weighted by Crippen LogP contribution is 2.26. The molecule has 0 spiro atoms. The van der Waals surface area contributed by atoms with Crippen LogP contribution in [0.3, 0.4) is 0 Å². The number of rotatable bonds is 4. The first-order chi connectivity index (χ1) is 9.00. The number of hydrogen-bond acceptors (Lipinski definition) is 3. The van der Waals surface area contributed by atoms with Crippen molar-refractivity contribution < 1.29 is 19.9 Å². The molecule has 1 atom stereocenters. The summed E-state index contributed by atoms with van der Waals surface area (Å²) < 4.78 is 10.9. The van der Waals surface area contributed by atoms with Crippen molar-refractivity contribution in [1.29, 1.82) is 0 Å². The molecule has 1 aliphatic heterocycles. The summed E-state index contributed by atoms with van der Waals surface area (Å²) in [7, 11) is 1.57. The molecule has 1 saturated heterocycles. The highest BCUT2D eigenvalue weighted by molar-refractivity contribution is 5.41. The average molecular weight is 266 g/mol. The molecule has 0 aromatic heterocycles. The molecule has 1 heterocycles. The molecule has 1 aromatic rings. The summed E-state index contributed by atoms with van der Waals surface area (Å²) in [5.41, 5.74) is 1.16. The molecule has 3 N–H and O–H groups in total. The van der Waals surface area contributed by atoms with Gasteiger partial charge in [0.05, 0.1) is 25.4 Å². The molecule has 0 bridgehead atoms. The molecular formula is C15H24NO3+. The van der Waals surface area contributed by atoms with E-state index < -0.39 is 0 Å². The Labute approximate surface area is 114 Å². The van der Waals surface area contributed by atoms with Crippen molar-refractivity contribution in [3.8, 4) is 11.5 Å². The Balaban J connectivity index is 1.91. The summed E-state index contributed by atoms with van der Waals surface area (Å²) in [5.74, 6) is 0.733. The van der Waals surface area contributed by atoms with Crippen LogP contribution in [0.5, 0.6) is 11.5 Å². The zero-order chi connectivity index (χ0) is 13.9. The number of phenols is 1. The molecule has 1 fully saturated rings. The molecule has 4 nitrogen and oxygen atoms in total. The van der Waals surface area contributed by atoms with E-state index in [9.17, 15) is 5.11 Å². The van der Waals surface area contributed by atoms with Crippen LogP contribution in [0, 0.1) is 0 Å². The fraction of sp³-hybridized carbons (Fsp3) is 0.600. The molecule has 2 rings (SSSR count). The van der Waals surface area contributed by atoms with Crippen molar-refractivity contribution in [2.45, 2.75) is 44.9 Å². The molecule has 1 aromatic carbocycles. The highest BCUT2D eigenvalue weighted by Gasteiger charge is 2.30. The summed E-state index contributed by atoms with van der Waals surface area (Å²) in [4.78, 5) is 0. The van der Waals surface area contributed by atoms with E-state index in [0.717, 1.165) is 26.0 Å². The van der Waals surface area contributed by atoms with Gasteiger partial charge in [-0.15, -0.1) is 0 Å². The second kappa shape index (κ2) is 5.80. The normalized spacial score (nSPS) is 22.2. The van der Waals surface area contributed by atoms with Crippen molar-refractivity contribution in [2.24, 2.45) is 0 Å². The van der Waals surface area contributed by atoms with Gasteiger partial charge >= 0.3 is 0 Å². The van der Waals surface area contributed by atoms with Crippen LogP contribution in [0.4, 0.5) is 0 Å². The van der Waals surface area contributed by atoms with Gasteiger partial charge in [-0.25, -0.2) is 0 Å². The van der Waals surface area contributed by atoms with E-state index in [4.69, 9.17) is 9.47 Å². The van der Waals surface area contributed by atoms with Crippen LogP contribution in [0.25, 0.3) is 0 Å². The number of quaternary nitrogens is 1. The molecular weight excluding hydrogens is 242 g/mol. The lowest BCUT2D eigenvalue weighted by Crippen LogP contribution is -2.89. The van der Waals surface area contributed by atoms with Crippen molar-refractivity contribution >= 4 is 0 Å². The van der Waals surface area contributed by atoms with E-state index in [0.29, 0.717) is 11.8 Å². The minimum Gasteiger partial charge on any atom is -0.504 e. The lowest BCUT2D eigenvalue weighted by atomic mass is 9.94. The molecule has 1 aliphatic rings. The number of nitrogens with two attached hydrogens (primary N) is 1. The average Bonchev–Trinajstić information content (AvgIpc) is 2.36. The third-order valence-corrected chi connectivity index (χ3v) is 3.67. The first kappa shape index (κ1) is 14.2. The topological polar surface area (TPSA) is 55.3 Å². The molecule has 19 heavy (non-hydrogen) atoms. The first-order valence-corrected chi connectivity index (χ1v) is 6.83. The Morgan fingerprint density at radius 1 is 1.47 bits per heavy atom. The van der Waals surface area contributed by atoms with E-state index in [1.165, 1.54) is 5.56 Å². The smallest absolute Gasteiger partial charge is 0.160 e. The summed E-state index contributed by atoms with van der Waals surface area (Å²) in [6.07, 6.45) is 2.17. The fourth-order valence-corrected chi connectivity index (χ4v) is 2.63. The van der Waals surface area contributed by atoms with Crippen LogP contribution in [-0.2, 0) is 11.3 Å². The minimum atomic E-state index is -0.00787. The number of hydrogen-bond donors (Lipinski definition) is 2. The van der Waals surface area contributed by atoms with Gasteiger partial charge in [0.15, 0.2) is 11.5 Å². The van der Waals surface area contributed by atoms with Crippen LogP contribution < -0.4 is 10.1 Å². The summed E-state index contributed by atoms with van der Waals surface area (Å²) >= 11 is 0. The Morgan fingerprint density at radius 2 is 2.26 bits per heavy atom. The Bertz CT molecular complexity index is 431. The monoisotopic (exact) mass is 266 g/mol. The van der Waals surface area contributed by atoms with E-state index >= 15 is 0 Å². The van der Waals surface area contributed by atoms with Gasteiger partial charge in [-0.2, -0.15) is 0 Å². The lowest BCUT2D eigenvalue weighted by Gasteiger charge is -2.34. The standard InChI is InChI=1S/C15H23NO3/c1-15(2)9-12(6-7-19-15)16-10-11-4-5-13(17)14(8-11)18-3/h4-5,8,12,16-17H,6-7,9-10H2,1-3H3/p+1. The summed E-state index contributed by atoms with van der Waals surface area (Å²) in [6.45, 7) is 6.04. The molecule has 1 unspecified atom stereocenters. The van der Waals surface area contributed by atoms with Gasteiger partial charge in [-0.05, 0) is 32.0 Å². The van der Waals surface area contributed by atoms with Gasteiger partial charge in [0, 0.05) is 18.4 Å². The quantitative estimate of drug-likeness (QED) is 0.866. The number of benzene rings is 1. The van der Waals surface area contributed by atoms with Gasteiger partial charge in [0.1, 0.15) is 6.54 Å². The molecule has 0 aliphatic carbocycles. The van der Waals surface area contributed by atoms with Crippen LogP contribution in [0.2, 0.25) is 0 Å². The van der Waals surface area contributed by atoms with Crippen molar-refractivity contribution in [3.05, 3.63) is 23.8 Å². The molecule has 4 heteroatoms. The third-order valence-electron chi connectivity index (χ3n) is 3.67. The highest BCUT2D eigenvalue weighted by atomic mass is 16.5. The molecule has 106 valence electrons. The predicted molar refractivity (Wildman–Crippen MR) is 73.3 cm³/mol. The van der Waals surface area contributed by atoms with Crippen molar-refractivity contribution in [3.63, 3.8) is 0 Å². The van der Waals surface area contributed by atoms with E-state index in [-0.39, 0.29) is 11.4 Å². The zero-order valence-electron chi connectivity index (χ0n) is 12.0. The number of aromatic hydroxyl groups is 1. The molecule has 0 saturated carbocycles. The molecule has 0 radical (unpaired) electrons. The zero-order valence-corrected chi connectivity index (χ0v) is 12.0. The van der Waals surface area contributed by atoms with E-state index in [1.807, 2.05) is 12.1 Å².